The number of benzene rings is 2. The second-order valence-corrected chi connectivity index (χ2v) is 14.1. The molecule has 9 heteroatoms. The summed E-state index contributed by atoms with van der Waals surface area (Å²) < 4.78 is 8.32. The first-order valence-corrected chi connectivity index (χ1v) is 15.0. The third-order valence-corrected chi connectivity index (χ3v) is 8.34. The van der Waals surface area contributed by atoms with Gasteiger partial charge >= 0.3 is 5.97 Å². The molecule has 0 spiro atoms. The molecule has 43 heavy (non-hydrogen) atoms. The molecule has 8 nitrogen and oxygen atoms in total. The van der Waals surface area contributed by atoms with Crippen LogP contribution in [0.2, 0.25) is 0 Å². The molecule has 222 valence electrons. The Hall–Kier alpha value is -4.37. The summed E-state index contributed by atoms with van der Waals surface area (Å²) in [5.74, 6) is 0.291. The number of hydrogen-bond acceptors (Lipinski definition) is 7. The fourth-order valence-electron chi connectivity index (χ4n) is 4.81. The summed E-state index contributed by atoms with van der Waals surface area (Å²) in [5.41, 5.74) is 10.4. The van der Waals surface area contributed by atoms with Crippen molar-refractivity contribution in [1.29, 1.82) is 0 Å². The van der Waals surface area contributed by atoms with Crippen molar-refractivity contribution in [1.82, 2.24) is 19.5 Å². The lowest BCUT2D eigenvalue weighted by Crippen LogP contribution is -2.28. The van der Waals surface area contributed by atoms with E-state index in [1.54, 1.807) is 44.2 Å². The lowest BCUT2D eigenvalue weighted by atomic mass is 9.88. The minimum atomic E-state index is -0.963. The number of carboxylic acid groups (broad SMARTS) is 1. The van der Waals surface area contributed by atoms with E-state index in [1.807, 2.05) is 36.4 Å². The topological polar surface area (TPSA) is 116 Å². The maximum Gasteiger partial charge on any atom is 0.309 e. The number of carbonyl (C=O) groups is 1. The molecule has 0 unspecified atom stereocenters. The molecule has 0 aliphatic rings. The highest BCUT2D eigenvalue weighted by Crippen LogP contribution is 2.44. The Morgan fingerprint density at radius 2 is 1.74 bits per heavy atom. The first-order valence-electron chi connectivity index (χ1n) is 14.2. The monoisotopic (exact) mass is 595 g/mol. The summed E-state index contributed by atoms with van der Waals surface area (Å²) in [4.78, 5) is 26.3. The van der Waals surface area contributed by atoms with Gasteiger partial charge in [0.2, 0.25) is 0 Å². The number of fused-ring (bicyclic) bond motifs is 1. The maximum absolute atomic E-state index is 12.3. The zero-order chi connectivity index (χ0) is 30.8. The van der Waals surface area contributed by atoms with Crippen LogP contribution in [0.4, 0.5) is 5.82 Å². The number of anilines is 1. The predicted octanol–water partition coefficient (Wildman–Crippen LogP) is 7.25. The van der Waals surface area contributed by atoms with Gasteiger partial charge < -0.3 is 20.1 Å². The average molecular weight is 596 g/mol. The van der Waals surface area contributed by atoms with Crippen molar-refractivity contribution in [3.05, 3.63) is 96.2 Å². The number of rotatable bonds is 10. The van der Waals surface area contributed by atoms with Crippen LogP contribution in [0.1, 0.15) is 51.6 Å². The number of aromatic nitrogens is 4. The molecule has 0 saturated heterocycles. The molecule has 5 aromatic rings. The molecule has 0 amide bonds. The first kappa shape index (κ1) is 30.1. The smallest absolute Gasteiger partial charge is 0.309 e. The van der Waals surface area contributed by atoms with Crippen molar-refractivity contribution in [3.8, 4) is 17.0 Å². The van der Waals surface area contributed by atoms with Crippen molar-refractivity contribution < 1.29 is 14.6 Å². The van der Waals surface area contributed by atoms with Crippen LogP contribution in [0.15, 0.2) is 84.1 Å². The van der Waals surface area contributed by atoms with E-state index in [0.717, 1.165) is 49.8 Å². The standard InChI is InChI=1S/C34H37N5O3S/c1-33(2,3)43-31-26-16-25(42-21-24-8-6-7-15-36-24)13-14-28(26)39(29(31)17-34(4,5)32(40)41)20-22-9-11-23(12-10-22)27-18-38-30(35)19-37-27/h6-16,18-19H,17,20-21H2,1-5H3,(H2,35,38)(H,40,41). The van der Waals surface area contributed by atoms with Crippen LogP contribution in [0, 0.1) is 5.41 Å². The minimum absolute atomic E-state index is 0.103. The van der Waals surface area contributed by atoms with E-state index in [4.69, 9.17) is 10.5 Å². The van der Waals surface area contributed by atoms with Gasteiger partial charge in [0.1, 0.15) is 18.2 Å². The van der Waals surface area contributed by atoms with E-state index < -0.39 is 11.4 Å². The first-order chi connectivity index (χ1) is 20.4. The van der Waals surface area contributed by atoms with E-state index in [2.05, 4.69) is 64.6 Å². The zero-order valence-electron chi connectivity index (χ0n) is 25.2. The van der Waals surface area contributed by atoms with Gasteiger partial charge in [-0.3, -0.25) is 14.8 Å². The molecular weight excluding hydrogens is 558 g/mol. The third-order valence-electron chi connectivity index (χ3n) is 7.06. The van der Waals surface area contributed by atoms with Gasteiger partial charge in [0.05, 0.1) is 29.2 Å². The van der Waals surface area contributed by atoms with Gasteiger partial charge in [-0.05, 0) is 49.7 Å². The summed E-state index contributed by atoms with van der Waals surface area (Å²) in [6.07, 6.45) is 5.35. The Labute approximate surface area is 256 Å². The molecule has 3 heterocycles. The van der Waals surface area contributed by atoms with E-state index >= 15 is 0 Å². The highest BCUT2D eigenvalue weighted by Gasteiger charge is 2.33. The quantitative estimate of drug-likeness (QED) is 0.162. The van der Waals surface area contributed by atoms with Crippen LogP contribution in [0.3, 0.4) is 0 Å². The van der Waals surface area contributed by atoms with Gasteiger partial charge in [0.25, 0.3) is 0 Å². The highest BCUT2D eigenvalue weighted by atomic mass is 32.2. The number of carboxylic acids is 1. The summed E-state index contributed by atoms with van der Waals surface area (Å²) in [6, 6.07) is 20.1. The summed E-state index contributed by atoms with van der Waals surface area (Å²) in [7, 11) is 0. The lowest BCUT2D eigenvalue weighted by Gasteiger charge is -2.24. The third kappa shape index (κ3) is 7.17. The molecule has 0 atom stereocenters. The Bertz CT molecular complexity index is 1730. The van der Waals surface area contributed by atoms with Crippen LogP contribution < -0.4 is 10.5 Å². The molecule has 0 aliphatic carbocycles. The van der Waals surface area contributed by atoms with E-state index in [9.17, 15) is 9.90 Å². The van der Waals surface area contributed by atoms with Gasteiger partial charge in [-0.25, -0.2) is 4.98 Å². The minimum Gasteiger partial charge on any atom is -0.487 e. The van der Waals surface area contributed by atoms with E-state index in [0.29, 0.717) is 25.4 Å². The van der Waals surface area contributed by atoms with Crippen LogP contribution in [0.25, 0.3) is 22.2 Å². The number of nitrogen functional groups attached to an aromatic ring is 1. The van der Waals surface area contributed by atoms with Crippen LogP contribution in [-0.4, -0.2) is 35.3 Å². The Morgan fingerprint density at radius 1 is 0.977 bits per heavy atom. The zero-order valence-corrected chi connectivity index (χ0v) is 26.0. The molecule has 2 aromatic carbocycles. The molecule has 3 N–H and O–H groups in total. The molecule has 0 fully saturated rings. The average Bonchev–Trinajstić information content (AvgIpc) is 3.22. The van der Waals surface area contributed by atoms with Crippen LogP contribution in [-0.2, 0) is 24.4 Å². The van der Waals surface area contributed by atoms with Gasteiger partial charge in [-0.2, -0.15) is 0 Å². The SMILES string of the molecule is CC(C)(C)Sc1c(CC(C)(C)C(=O)O)n(Cc2ccc(-c3cnc(N)cn3)cc2)c2ccc(OCc3ccccn3)cc12. The number of aliphatic carboxylic acids is 1. The fraction of sp³-hybridized carbons (Fsp3) is 0.294. The lowest BCUT2D eigenvalue weighted by molar-refractivity contribution is -0.146. The Morgan fingerprint density at radius 3 is 2.37 bits per heavy atom. The van der Waals surface area contributed by atoms with E-state index in [1.165, 1.54) is 0 Å². The summed E-state index contributed by atoms with van der Waals surface area (Å²) in [5, 5.41) is 11.1. The normalized spacial score (nSPS) is 12.0. The van der Waals surface area contributed by atoms with Gasteiger partial charge in [-0.1, -0.05) is 51.1 Å². The number of pyridine rings is 1. The number of thioether (sulfide) groups is 1. The number of hydrogen-bond donors (Lipinski definition) is 2. The van der Waals surface area contributed by atoms with Gasteiger partial charge in [-0.15, -0.1) is 11.8 Å². The van der Waals surface area contributed by atoms with Crippen molar-refractivity contribution in [2.45, 2.75) is 63.8 Å². The summed E-state index contributed by atoms with van der Waals surface area (Å²) >= 11 is 1.76. The maximum atomic E-state index is 12.3. The number of nitrogens with zero attached hydrogens (tertiary/aromatic N) is 4. The van der Waals surface area contributed by atoms with Crippen molar-refractivity contribution in [2.24, 2.45) is 5.41 Å². The van der Waals surface area contributed by atoms with Crippen LogP contribution >= 0.6 is 11.8 Å². The molecule has 0 saturated carbocycles. The van der Waals surface area contributed by atoms with Crippen molar-refractivity contribution in [2.75, 3.05) is 5.73 Å². The second-order valence-electron chi connectivity index (χ2n) is 12.3. The van der Waals surface area contributed by atoms with E-state index in [-0.39, 0.29) is 4.75 Å². The fourth-order valence-corrected chi connectivity index (χ4v) is 5.99. The number of ether oxygens (including phenoxy) is 1. The molecule has 0 radical (unpaired) electrons. The largest absolute Gasteiger partial charge is 0.487 e. The summed E-state index contributed by atoms with van der Waals surface area (Å²) in [6.45, 7) is 11.0. The molecule has 3 aromatic heterocycles. The molecule has 5 rings (SSSR count). The highest BCUT2D eigenvalue weighted by molar-refractivity contribution is 8.00. The van der Waals surface area contributed by atoms with Crippen molar-refractivity contribution in [3.63, 3.8) is 0 Å². The molecular formula is C34H37N5O3S. The second kappa shape index (κ2) is 12.1. The predicted molar refractivity (Wildman–Crippen MR) is 172 cm³/mol. The van der Waals surface area contributed by atoms with Crippen molar-refractivity contribution >= 4 is 34.5 Å². The molecule has 0 bridgehead atoms. The van der Waals surface area contributed by atoms with Gasteiger partial charge in [0, 0.05) is 51.0 Å². The number of nitrogens with two attached hydrogens (primary N) is 1. The van der Waals surface area contributed by atoms with Crippen LogP contribution in [0.5, 0.6) is 5.75 Å². The Kier molecular flexibility index (Phi) is 8.46. The molecule has 0 aliphatic heterocycles. The van der Waals surface area contributed by atoms with Gasteiger partial charge in [0.15, 0.2) is 0 Å². The Balaban J connectivity index is 1.58.